The van der Waals surface area contributed by atoms with Crippen LogP contribution in [0.15, 0.2) is 102 Å². The molecule has 37 heavy (non-hydrogen) atoms. The standard InChI is InChI=1S/C31H20BrNO4/c32-19-11-13-20(14-12-19)33-29(34)26-22(17-6-2-1-3-7-17)16-23-25-21-9-5-4-8-18(21)10-15-24(25)37-31(36)27(23)28(26)30(33)35/h1-16,22,26-28H/t22-,26+,27-,28-/m1/s1. The molecule has 0 bridgehead atoms. The number of hydrogen-bond donors (Lipinski definition) is 0. The van der Waals surface area contributed by atoms with Gasteiger partial charge in [0.25, 0.3) is 0 Å². The quantitative estimate of drug-likeness (QED) is 0.171. The predicted octanol–water partition coefficient (Wildman–Crippen LogP) is 6.12. The highest BCUT2D eigenvalue weighted by Crippen LogP contribution is 2.55. The van der Waals surface area contributed by atoms with Gasteiger partial charge in [-0.3, -0.25) is 14.4 Å². The molecule has 6 heteroatoms. The summed E-state index contributed by atoms with van der Waals surface area (Å²) in [5.41, 5.74) is 3.01. The Balaban J connectivity index is 1.47. The maximum absolute atomic E-state index is 14.0. The molecular formula is C31H20BrNO4. The predicted molar refractivity (Wildman–Crippen MR) is 144 cm³/mol. The number of allylic oxidation sites excluding steroid dienone is 1. The van der Waals surface area contributed by atoms with Crippen LogP contribution >= 0.6 is 15.9 Å². The van der Waals surface area contributed by atoms with Crippen molar-refractivity contribution in [2.24, 2.45) is 17.8 Å². The third-order valence-electron chi connectivity index (χ3n) is 7.75. The van der Waals surface area contributed by atoms with Gasteiger partial charge in [-0.25, -0.2) is 4.90 Å². The summed E-state index contributed by atoms with van der Waals surface area (Å²) in [6, 6.07) is 28.5. The number of benzene rings is 4. The van der Waals surface area contributed by atoms with Crippen LogP contribution in [0, 0.1) is 17.8 Å². The summed E-state index contributed by atoms with van der Waals surface area (Å²) < 4.78 is 6.68. The number of amides is 2. The summed E-state index contributed by atoms with van der Waals surface area (Å²) in [4.78, 5) is 42.8. The molecule has 7 rings (SSSR count). The van der Waals surface area contributed by atoms with Crippen molar-refractivity contribution in [3.8, 4) is 5.75 Å². The van der Waals surface area contributed by atoms with E-state index in [4.69, 9.17) is 4.74 Å². The zero-order valence-electron chi connectivity index (χ0n) is 19.5. The molecule has 0 radical (unpaired) electrons. The van der Waals surface area contributed by atoms with Crippen molar-refractivity contribution in [3.05, 3.63) is 113 Å². The van der Waals surface area contributed by atoms with E-state index in [1.165, 1.54) is 4.90 Å². The average molecular weight is 550 g/mol. The largest absolute Gasteiger partial charge is 0.425 e. The lowest BCUT2D eigenvalue weighted by atomic mass is 9.64. The van der Waals surface area contributed by atoms with Crippen molar-refractivity contribution in [2.45, 2.75) is 5.92 Å². The number of hydrogen-bond acceptors (Lipinski definition) is 4. The minimum absolute atomic E-state index is 0.294. The fraction of sp³-hybridized carbons (Fsp3) is 0.129. The highest BCUT2D eigenvalue weighted by molar-refractivity contribution is 9.10. The van der Waals surface area contributed by atoms with Gasteiger partial charge in [0.05, 0.1) is 23.4 Å². The summed E-state index contributed by atoms with van der Waals surface area (Å²) in [6.07, 6.45) is 2.03. The molecular weight excluding hydrogens is 530 g/mol. The maximum Gasteiger partial charge on any atom is 0.319 e. The molecule has 180 valence electrons. The first kappa shape index (κ1) is 22.2. The minimum Gasteiger partial charge on any atom is -0.425 e. The van der Waals surface area contributed by atoms with Crippen molar-refractivity contribution in [3.63, 3.8) is 0 Å². The van der Waals surface area contributed by atoms with Crippen molar-refractivity contribution < 1.29 is 19.1 Å². The molecule has 5 nitrogen and oxygen atoms in total. The molecule has 1 fully saturated rings. The van der Waals surface area contributed by atoms with Crippen LogP contribution in [0.4, 0.5) is 5.69 Å². The second-order valence-electron chi connectivity index (χ2n) is 9.66. The molecule has 4 aromatic carbocycles. The van der Waals surface area contributed by atoms with Crippen molar-refractivity contribution in [1.29, 1.82) is 0 Å². The first-order valence-corrected chi connectivity index (χ1v) is 13.0. The Morgan fingerprint density at radius 1 is 0.730 bits per heavy atom. The van der Waals surface area contributed by atoms with E-state index in [0.29, 0.717) is 11.4 Å². The fourth-order valence-corrected chi connectivity index (χ4v) is 6.44. The molecule has 0 unspecified atom stereocenters. The van der Waals surface area contributed by atoms with Gasteiger partial charge >= 0.3 is 5.97 Å². The summed E-state index contributed by atoms with van der Waals surface area (Å²) >= 11 is 3.42. The van der Waals surface area contributed by atoms with Gasteiger partial charge in [0.15, 0.2) is 0 Å². The number of halogens is 1. The topological polar surface area (TPSA) is 63.7 Å². The molecule has 4 atom stereocenters. The first-order valence-electron chi connectivity index (χ1n) is 12.2. The minimum atomic E-state index is -0.861. The summed E-state index contributed by atoms with van der Waals surface area (Å²) in [6.45, 7) is 0. The highest BCUT2D eigenvalue weighted by Gasteiger charge is 2.60. The summed E-state index contributed by atoms with van der Waals surface area (Å²) in [7, 11) is 0. The van der Waals surface area contributed by atoms with E-state index in [2.05, 4.69) is 15.9 Å². The Kier molecular flexibility index (Phi) is 4.95. The number of esters is 1. The molecule has 2 amide bonds. The Labute approximate surface area is 221 Å². The first-order chi connectivity index (χ1) is 18.0. The third kappa shape index (κ3) is 3.25. The van der Waals surface area contributed by atoms with E-state index in [1.807, 2.05) is 72.8 Å². The monoisotopic (exact) mass is 549 g/mol. The van der Waals surface area contributed by atoms with E-state index in [0.717, 1.165) is 31.9 Å². The number of fused-ring (bicyclic) bond motifs is 7. The van der Waals surface area contributed by atoms with Crippen LogP contribution in [-0.4, -0.2) is 17.8 Å². The molecule has 0 saturated carbocycles. The van der Waals surface area contributed by atoms with Crippen LogP contribution in [0.3, 0.4) is 0 Å². The zero-order chi connectivity index (χ0) is 25.3. The molecule has 0 aromatic heterocycles. The van der Waals surface area contributed by atoms with Gasteiger partial charge in [-0.1, -0.05) is 82.7 Å². The van der Waals surface area contributed by atoms with E-state index < -0.39 is 23.7 Å². The Hall–Kier alpha value is -4.03. The van der Waals surface area contributed by atoms with Gasteiger partial charge in [-0.2, -0.15) is 0 Å². The normalized spacial score (nSPS) is 24.3. The second kappa shape index (κ2) is 8.25. The van der Waals surface area contributed by atoms with Gasteiger partial charge in [0, 0.05) is 16.0 Å². The van der Waals surface area contributed by atoms with Gasteiger partial charge in [-0.05, 0) is 52.2 Å². The van der Waals surface area contributed by atoms with Crippen LogP contribution < -0.4 is 9.64 Å². The van der Waals surface area contributed by atoms with Crippen molar-refractivity contribution >= 4 is 55.7 Å². The Morgan fingerprint density at radius 2 is 1.43 bits per heavy atom. The maximum atomic E-state index is 14.0. The summed E-state index contributed by atoms with van der Waals surface area (Å²) in [5.74, 6) is -3.47. The molecule has 2 aliphatic heterocycles. The molecule has 1 saturated heterocycles. The Morgan fingerprint density at radius 3 is 2.22 bits per heavy atom. The highest BCUT2D eigenvalue weighted by atomic mass is 79.9. The zero-order valence-corrected chi connectivity index (χ0v) is 21.1. The van der Waals surface area contributed by atoms with E-state index in [9.17, 15) is 14.4 Å². The number of imide groups is 1. The van der Waals surface area contributed by atoms with Crippen molar-refractivity contribution in [2.75, 3.05) is 4.90 Å². The van der Waals surface area contributed by atoms with Crippen LogP contribution in [0.5, 0.6) is 5.75 Å². The second-order valence-corrected chi connectivity index (χ2v) is 10.6. The number of rotatable bonds is 2. The smallest absolute Gasteiger partial charge is 0.319 e. The molecule has 3 aliphatic rings. The van der Waals surface area contributed by atoms with Crippen LogP contribution in [0.2, 0.25) is 0 Å². The molecule has 0 N–H and O–H groups in total. The van der Waals surface area contributed by atoms with Gasteiger partial charge < -0.3 is 4.74 Å². The molecule has 4 aromatic rings. The van der Waals surface area contributed by atoms with Gasteiger partial charge in [0.1, 0.15) is 5.75 Å². The summed E-state index contributed by atoms with van der Waals surface area (Å²) in [5, 5.41) is 1.97. The van der Waals surface area contributed by atoms with E-state index >= 15 is 0 Å². The average Bonchev–Trinajstić information content (AvgIpc) is 3.19. The van der Waals surface area contributed by atoms with Crippen molar-refractivity contribution in [1.82, 2.24) is 0 Å². The lowest BCUT2D eigenvalue weighted by Crippen LogP contribution is -2.42. The fourth-order valence-electron chi connectivity index (χ4n) is 6.18. The lowest BCUT2D eigenvalue weighted by molar-refractivity contribution is -0.142. The number of anilines is 1. The lowest BCUT2D eigenvalue weighted by Gasteiger charge is -2.38. The molecule has 2 heterocycles. The number of nitrogens with zero attached hydrogens (tertiary/aromatic N) is 1. The number of ether oxygens (including phenoxy) is 1. The van der Waals surface area contributed by atoms with Gasteiger partial charge in [0.2, 0.25) is 11.8 Å². The van der Waals surface area contributed by atoms with Crippen LogP contribution in [0.25, 0.3) is 16.3 Å². The SMILES string of the molecule is O=C1Oc2ccc3ccccc3c2C2=C[C@H](c3ccccc3)[C@@H]3C(=O)N(c4ccc(Br)cc4)C(=O)[C@H]3[C@H]12. The number of carbonyl (C=O) groups excluding carboxylic acids is 3. The molecule has 0 spiro atoms. The van der Waals surface area contributed by atoms with Crippen LogP contribution in [0.1, 0.15) is 17.0 Å². The third-order valence-corrected chi connectivity index (χ3v) is 8.28. The van der Waals surface area contributed by atoms with E-state index in [1.54, 1.807) is 24.3 Å². The van der Waals surface area contributed by atoms with Gasteiger partial charge in [-0.15, -0.1) is 0 Å². The van der Waals surface area contributed by atoms with E-state index in [-0.39, 0.29) is 17.7 Å². The Bertz CT molecular complexity index is 1640. The number of carbonyl (C=O) groups is 3. The molecule has 1 aliphatic carbocycles. The van der Waals surface area contributed by atoms with Crippen LogP contribution in [-0.2, 0) is 14.4 Å².